The van der Waals surface area contributed by atoms with Gasteiger partial charge in [-0.15, -0.1) is 0 Å². The molecule has 0 amide bonds. The summed E-state index contributed by atoms with van der Waals surface area (Å²) in [6.07, 6.45) is 36.4. The van der Waals surface area contributed by atoms with Crippen molar-refractivity contribution in [2.24, 2.45) is 0 Å². The van der Waals surface area contributed by atoms with Gasteiger partial charge >= 0.3 is 11.9 Å². The van der Waals surface area contributed by atoms with Crippen LogP contribution >= 0.6 is 0 Å². The van der Waals surface area contributed by atoms with Gasteiger partial charge in [-0.2, -0.15) is 9.13 Å². The SMILES string of the molecule is CCCCCCCCCCCCOC(=O)C[n+]1ccc(CCCc2cc[n+](CC(=O)OCCCCCCCCCCCC)cc2)cc1.[Br-].[Br-]. The molecule has 0 N–H and O–H groups in total. The summed E-state index contributed by atoms with van der Waals surface area (Å²) < 4.78 is 14.7. The zero-order chi connectivity index (χ0) is 33.6. The van der Waals surface area contributed by atoms with Gasteiger partial charge in [0.25, 0.3) is 0 Å². The quantitative estimate of drug-likeness (QED) is 0.0691. The molecule has 0 saturated heterocycles. The Hall–Kier alpha value is -1.80. The molecule has 0 fully saturated rings. The first kappa shape index (κ1) is 47.2. The molecule has 0 unspecified atom stereocenters. The Balaban J connectivity index is 0.0000115. The van der Waals surface area contributed by atoms with Gasteiger partial charge in [0, 0.05) is 24.3 Å². The lowest BCUT2D eigenvalue weighted by Crippen LogP contribution is -3.00. The molecule has 0 saturated carbocycles. The Morgan fingerprint density at radius 1 is 0.449 bits per heavy atom. The molecule has 2 aromatic rings. The Labute approximate surface area is 320 Å². The van der Waals surface area contributed by atoms with E-state index in [4.69, 9.17) is 9.47 Å². The largest absolute Gasteiger partial charge is 1.00 e. The molecule has 8 heteroatoms. The molecule has 0 bridgehead atoms. The molecular formula is C41H68Br2N2O4. The summed E-state index contributed by atoms with van der Waals surface area (Å²) in [5.41, 5.74) is 2.52. The Kier molecular flexibility index (Phi) is 32.1. The first-order chi connectivity index (χ1) is 23.1. The van der Waals surface area contributed by atoms with Gasteiger partial charge in [-0.1, -0.05) is 129 Å². The zero-order valence-corrected chi connectivity index (χ0v) is 34.2. The van der Waals surface area contributed by atoms with E-state index in [0.29, 0.717) is 13.2 Å². The van der Waals surface area contributed by atoms with Crippen LogP contribution in [-0.2, 0) is 45.0 Å². The zero-order valence-electron chi connectivity index (χ0n) is 31.0. The third-order valence-electron chi connectivity index (χ3n) is 9.00. The average molecular weight is 813 g/mol. The Morgan fingerprint density at radius 2 is 0.735 bits per heavy atom. The van der Waals surface area contributed by atoms with Crippen LogP contribution < -0.4 is 43.1 Å². The fourth-order valence-electron chi connectivity index (χ4n) is 5.96. The number of carbonyl (C=O) groups excluding carboxylic acids is 2. The van der Waals surface area contributed by atoms with Gasteiger partial charge in [0.15, 0.2) is 24.8 Å². The van der Waals surface area contributed by atoms with Gasteiger partial charge in [-0.05, 0) is 43.2 Å². The molecule has 49 heavy (non-hydrogen) atoms. The minimum atomic E-state index is -0.165. The van der Waals surface area contributed by atoms with Crippen molar-refractivity contribution < 1.29 is 62.2 Å². The predicted molar refractivity (Wildman–Crippen MR) is 191 cm³/mol. The summed E-state index contributed by atoms with van der Waals surface area (Å²) in [5, 5.41) is 0. The number of aromatic nitrogens is 2. The highest BCUT2D eigenvalue weighted by molar-refractivity contribution is 5.67. The fraction of sp³-hybridized carbons (Fsp3) is 0.707. The molecule has 6 nitrogen and oxygen atoms in total. The fourth-order valence-corrected chi connectivity index (χ4v) is 5.96. The number of halogens is 2. The summed E-state index contributed by atoms with van der Waals surface area (Å²) in [5.74, 6) is -0.329. The first-order valence-electron chi connectivity index (χ1n) is 19.4. The summed E-state index contributed by atoms with van der Waals surface area (Å²) in [7, 11) is 0. The first-order valence-corrected chi connectivity index (χ1v) is 19.4. The smallest absolute Gasteiger partial charge is 0.372 e. The van der Waals surface area contributed by atoms with Gasteiger partial charge < -0.3 is 43.4 Å². The van der Waals surface area contributed by atoms with E-state index in [2.05, 4.69) is 38.1 Å². The summed E-state index contributed by atoms with van der Waals surface area (Å²) in [6, 6.07) is 8.37. The molecule has 0 aliphatic carbocycles. The minimum absolute atomic E-state index is 0. The van der Waals surface area contributed by atoms with Crippen LogP contribution in [0.15, 0.2) is 49.1 Å². The van der Waals surface area contributed by atoms with E-state index < -0.39 is 0 Å². The molecule has 280 valence electrons. The molecular weight excluding hydrogens is 744 g/mol. The second-order valence-corrected chi connectivity index (χ2v) is 13.4. The highest BCUT2D eigenvalue weighted by Gasteiger charge is 2.12. The Bertz CT molecular complexity index is 967. The van der Waals surface area contributed by atoms with Crippen molar-refractivity contribution in [3.8, 4) is 0 Å². The normalized spacial score (nSPS) is 10.7. The molecule has 2 aromatic heterocycles. The molecule has 0 aliphatic heterocycles. The number of carbonyl (C=O) groups is 2. The van der Waals surface area contributed by atoms with E-state index in [9.17, 15) is 9.59 Å². The van der Waals surface area contributed by atoms with E-state index in [1.807, 2.05) is 33.9 Å². The predicted octanol–water partition coefficient (Wildman–Crippen LogP) is 3.37. The van der Waals surface area contributed by atoms with Gasteiger partial charge in [0.1, 0.15) is 0 Å². The van der Waals surface area contributed by atoms with E-state index in [-0.39, 0.29) is 59.0 Å². The number of esters is 2. The van der Waals surface area contributed by atoms with Gasteiger partial charge in [-0.3, -0.25) is 0 Å². The molecule has 0 aliphatic rings. The molecule has 2 rings (SSSR count). The molecule has 0 radical (unpaired) electrons. The Morgan fingerprint density at radius 3 is 1.04 bits per heavy atom. The van der Waals surface area contributed by atoms with Crippen molar-refractivity contribution in [3.05, 3.63) is 60.2 Å². The number of rotatable bonds is 30. The number of aryl methyl sites for hydroxylation is 2. The number of unbranched alkanes of at least 4 members (excludes halogenated alkanes) is 18. The second kappa shape index (κ2) is 33.3. The topological polar surface area (TPSA) is 60.4 Å². The number of nitrogens with zero attached hydrogens (tertiary/aromatic N) is 2. The van der Waals surface area contributed by atoms with Gasteiger partial charge in [0.05, 0.1) is 13.2 Å². The van der Waals surface area contributed by atoms with Crippen molar-refractivity contribution in [1.29, 1.82) is 0 Å². The van der Waals surface area contributed by atoms with Crippen molar-refractivity contribution in [1.82, 2.24) is 0 Å². The molecule has 0 aromatic carbocycles. The maximum absolute atomic E-state index is 12.2. The number of pyridine rings is 2. The van der Waals surface area contributed by atoms with Crippen LogP contribution in [0.4, 0.5) is 0 Å². The third-order valence-corrected chi connectivity index (χ3v) is 9.00. The van der Waals surface area contributed by atoms with Crippen LogP contribution in [0.5, 0.6) is 0 Å². The van der Waals surface area contributed by atoms with E-state index in [0.717, 1.165) is 44.9 Å². The minimum Gasteiger partial charge on any atom is -1.00 e. The monoisotopic (exact) mass is 810 g/mol. The van der Waals surface area contributed by atoms with Crippen molar-refractivity contribution in [2.75, 3.05) is 13.2 Å². The average Bonchev–Trinajstić information content (AvgIpc) is 3.07. The van der Waals surface area contributed by atoms with E-state index >= 15 is 0 Å². The molecule has 2 heterocycles. The summed E-state index contributed by atoms with van der Waals surface area (Å²) >= 11 is 0. The standard InChI is InChI=1S/C41H68N2O4.2BrH/c1-3-5-7-9-11-13-15-17-19-21-34-46-40(44)36-42-30-26-38(27-31-42)24-23-25-39-28-32-43(33-29-39)37-41(45)47-35-22-20-18-16-14-12-10-8-6-4-2;;/h26-33H,3-25,34-37H2,1-2H3;2*1H/q+2;;/p-2. The third kappa shape index (κ3) is 26.6. The van der Waals surface area contributed by atoms with E-state index in [1.165, 1.54) is 114 Å². The molecule has 0 atom stereocenters. The van der Waals surface area contributed by atoms with Crippen LogP contribution in [0.3, 0.4) is 0 Å². The highest BCUT2D eigenvalue weighted by atomic mass is 79.9. The van der Waals surface area contributed by atoms with Crippen LogP contribution in [0, 0.1) is 0 Å². The van der Waals surface area contributed by atoms with Crippen LogP contribution in [0.25, 0.3) is 0 Å². The van der Waals surface area contributed by atoms with E-state index in [1.54, 1.807) is 0 Å². The number of hydrogen-bond acceptors (Lipinski definition) is 4. The highest BCUT2D eigenvalue weighted by Crippen LogP contribution is 2.12. The maximum Gasteiger partial charge on any atom is 0.372 e. The van der Waals surface area contributed by atoms with Crippen LogP contribution in [-0.4, -0.2) is 25.2 Å². The van der Waals surface area contributed by atoms with Gasteiger partial charge in [-0.25, -0.2) is 9.59 Å². The van der Waals surface area contributed by atoms with Crippen LogP contribution in [0.1, 0.15) is 160 Å². The van der Waals surface area contributed by atoms with Crippen molar-refractivity contribution in [2.45, 2.75) is 175 Å². The second-order valence-electron chi connectivity index (χ2n) is 13.4. The van der Waals surface area contributed by atoms with Crippen molar-refractivity contribution >= 4 is 11.9 Å². The number of hydrogen-bond donors (Lipinski definition) is 0. The number of ether oxygens (including phenoxy) is 2. The lowest BCUT2D eigenvalue weighted by atomic mass is 10.1. The lowest BCUT2D eigenvalue weighted by Gasteiger charge is -2.05. The van der Waals surface area contributed by atoms with Crippen molar-refractivity contribution in [3.63, 3.8) is 0 Å². The van der Waals surface area contributed by atoms with Gasteiger partial charge in [0.2, 0.25) is 13.1 Å². The molecule has 0 spiro atoms. The summed E-state index contributed by atoms with van der Waals surface area (Å²) in [4.78, 5) is 24.5. The maximum atomic E-state index is 12.2. The summed E-state index contributed by atoms with van der Waals surface area (Å²) in [6.45, 7) is 6.08. The lowest BCUT2D eigenvalue weighted by molar-refractivity contribution is -0.686. The van der Waals surface area contributed by atoms with Crippen LogP contribution in [0.2, 0.25) is 0 Å².